The van der Waals surface area contributed by atoms with E-state index in [0.717, 1.165) is 77.4 Å². The molecule has 0 saturated heterocycles. The van der Waals surface area contributed by atoms with Gasteiger partial charge >= 0.3 is 0 Å². The lowest BCUT2D eigenvalue weighted by Crippen LogP contribution is -2.32. The first-order valence-corrected chi connectivity index (χ1v) is 28.6. The minimum absolute atomic E-state index is 0.0408. The highest BCUT2D eigenvalue weighted by atomic mass is 16.5. The Kier molecular flexibility index (Phi) is 9.66. The molecule has 10 aromatic carbocycles. The van der Waals surface area contributed by atoms with Gasteiger partial charge in [-0.25, -0.2) is 4.98 Å². The molecule has 5 heterocycles. The van der Waals surface area contributed by atoms with Crippen molar-refractivity contribution < 1.29 is 24.7 Å². The number of imidazole rings is 1. The van der Waals surface area contributed by atoms with Crippen molar-refractivity contribution in [2.45, 2.75) is 78.6 Å². The summed E-state index contributed by atoms with van der Waals surface area (Å²) in [5, 5.41) is 3.94. The molecule has 0 amide bonds. The van der Waals surface area contributed by atoms with E-state index >= 15 is 0 Å². The standard InChI is InChI=1S/C78H64N4O2/c1-76(2,3)51-32-29-48(30-33-51)64-42-53(78(7,8)9)43-67-60-24-13-11-22-58(60)57-21-10-12-23-59(57)66-40-50(49-31-36-72-65(39-49)63-26-15-17-28-71(63)84-72)41-70-75(66)81(74(64)67)47-80(70)54-19-18-20-55(45-54)83-56-34-35-62-61-25-14-16-27-68(61)82(69(62)46-56)73-44-52(37-38-79-73)77(4,5)6/h10-46H,1-9H3/i10D,11D,12D,13D,21D,22D,23D,24D. The summed E-state index contributed by atoms with van der Waals surface area (Å²) in [6, 6.07) is 53.3. The van der Waals surface area contributed by atoms with Gasteiger partial charge in [0.25, 0.3) is 6.33 Å². The molecule has 6 nitrogen and oxygen atoms in total. The first-order chi connectivity index (χ1) is 43.8. The summed E-state index contributed by atoms with van der Waals surface area (Å²) >= 11 is 0. The van der Waals surface area contributed by atoms with E-state index in [1.54, 1.807) is 0 Å². The second-order valence-electron chi connectivity index (χ2n) is 25.3. The molecular weight excluding hydrogens is 1020 g/mol. The van der Waals surface area contributed by atoms with Gasteiger partial charge < -0.3 is 9.15 Å². The van der Waals surface area contributed by atoms with Crippen molar-refractivity contribution in [3.05, 3.63) is 247 Å². The second kappa shape index (κ2) is 18.9. The number of para-hydroxylation sites is 2. The Balaban J connectivity index is 1.05. The predicted octanol–water partition coefficient (Wildman–Crippen LogP) is 20.4. The molecule has 1 aliphatic heterocycles. The minimum atomic E-state index is -0.541. The van der Waals surface area contributed by atoms with Crippen LogP contribution < -0.4 is 9.30 Å². The number of rotatable bonds is 6. The zero-order valence-electron chi connectivity index (χ0n) is 56.3. The molecule has 4 aromatic heterocycles. The lowest BCUT2D eigenvalue weighted by atomic mass is 9.80. The van der Waals surface area contributed by atoms with Crippen LogP contribution in [-0.2, 0) is 16.2 Å². The number of benzene rings is 10. The van der Waals surface area contributed by atoms with Crippen LogP contribution in [0, 0.1) is 6.33 Å². The smallest absolute Gasteiger partial charge is 0.269 e. The number of hydrogen-bond acceptors (Lipinski definition) is 3. The van der Waals surface area contributed by atoms with E-state index in [1.165, 1.54) is 0 Å². The fourth-order valence-electron chi connectivity index (χ4n) is 12.2. The van der Waals surface area contributed by atoms with Gasteiger partial charge in [-0.3, -0.25) is 13.7 Å². The van der Waals surface area contributed by atoms with Crippen molar-refractivity contribution in [2.24, 2.45) is 0 Å². The van der Waals surface area contributed by atoms with Crippen LogP contribution in [0.5, 0.6) is 11.5 Å². The molecule has 14 aromatic rings. The van der Waals surface area contributed by atoms with Crippen LogP contribution in [0.25, 0.3) is 128 Å². The van der Waals surface area contributed by atoms with Crippen LogP contribution in [0.2, 0.25) is 0 Å². The van der Waals surface area contributed by atoms with E-state index < -0.39 is 41.7 Å². The van der Waals surface area contributed by atoms with Crippen LogP contribution in [0.3, 0.4) is 0 Å². The zero-order chi connectivity index (χ0) is 64.4. The largest absolute Gasteiger partial charge is 0.458 e. The SMILES string of the molecule is [2H]c1c([2H])c([2H])c2c(c1[2H])-c1cc(C(C)(C)C)cc(-c3ccc(C(C)(C)C)cc3)c1-[n+]1[c-]n(-c3cccc(Oc4ccc5c6ccccc6n(-c6cc(C(C)(C)C)ccn6)c5c4)c3)c3cc(-c4ccc5oc6ccccc6c5c4)cc(c31)-c1c([2H])c([2H])c([2H])c([2H])c1-2. The van der Waals surface area contributed by atoms with Crippen molar-refractivity contribution in [2.75, 3.05) is 0 Å². The molecule has 0 atom stereocenters. The Morgan fingerprint density at radius 1 is 0.452 bits per heavy atom. The van der Waals surface area contributed by atoms with Crippen molar-refractivity contribution in [3.63, 3.8) is 0 Å². The fraction of sp³-hybridized carbons (Fsp3) is 0.154. The zero-order valence-corrected chi connectivity index (χ0v) is 48.3. The summed E-state index contributed by atoms with van der Waals surface area (Å²) in [5.74, 6) is 1.91. The number of furan rings is 1. The van der Waals surface area contributed by atoms with Crippen LogP contribution in [0.1, 0.15) is 90.0 Å². The van der Waals surface area contributed by atoms with Gasteiger partial charge in [0, 0.05) is 33.8 Å². The lowest BCUT2D eigenvalue weighted by molar-refractivity contribution is -0.570. The van der Waals surface area contributed by atoms with E-state index in [2.05, 4.69) is 158 Å². The third kappa shape index (κ3) is 8.45. The molecule has 6 heteroatoms. The molecule has 0 N–H and O–H groups in total. The van der Waals surface area contributed by atoms with Gasteiger partial charge in [0.1, 0.15) is 28.5 Å². The maximum absolute atomic E-state index is 10.1. The first-order valence-electron chi connectivity index (χ1n) is 32.6. The quantitative estimate of drug-likeness (QED) is 0.123. The average molecular weight is 1100 g/mol. The molecule has 0 fully saturated rings. The third-order valence-electron chi connectivity index (χ3n) is 16.7. The summed E-state index contributed by atoms with van der Waals surface area (Å²) in [6.45, 7) is 19.4. The summed E-state index contributed by atoms with van der Waals surface area (Å²) in [5.41, 5.74) is 11.9. The van der Waals surface area contributed by atoms with E-state index in [0.29, 0.717) is 56.2 Å². The van der Waals surface area contributed by atoms with Gasteiger partial charge in [-0.05, 0) is 161 Å². The maximum atomic E-state index is 10.1. The third-order valence-corrected chi connectivity index (χ3v) is 16.7. The summed E-state index contributed by atoms with van der Waals surface area (Å²) in [6.07, 6.45) is 5.72. The van der Waals surface area contributed by atoms with Crippen LogP contribution >= 0.6 is 0 Å². The van der Waals surface area contributed by atoms with E-state index in [9.17, 15) is 11.0 Å². The van der Waals surface area contributed by atoms with E-state index in [-0.39, 0.29) is 45.2 Å². The Morgan fingerprint density at radius 2 is 1.08 bits per heavy atom. The molecule has 84 heavy (non-hydrogen) atoms. The second-order valence-corrected chi connectivity index (χ2v) is 25.3. The van der Waals surface area contributed by atoms with Crippen molar-refractivity contribution in [1.29, 1.82) is 0 Å². The summed E-state index contributed by atoms with van der Waals surface area (Å²) < 4.78 is 97.2. The Bertz CT molecular complexity index is 5480. The van der Waals surface area contributed by atoms with Gasteiger partial charge in [0.05, 0.1) is 44.4 Å². The molecule has 0 saturated carbocycles. The number of pyridine rings is 1. The van der Waals surface area contributed by atoms with E-state index in [1.807, 2.05) is 100 Å². The van der Waals surface area contributed by atoms with Gasteiger partial charge in [0.15, 0.2) is 0 Å². The first kappa shape index (κ1) is 43.0. The summed E-state index contributed by atoms with van der Waals surface area (Å²) in [4.78, 5) is 4.92. The number of ether oxygens (including phenoxy) is 1. The highest BCUT2D eigenvalue weighted by Gasteiger charge is 2.30. The molecule has 0 spiro atoms. The number of nitrogens with zero attached hydrogens (tertiary/aromatic N) is 4. The predicted molar refractivity (Wildman–Crippen MR) is 346 cm³/mol. The molecule has 0 aliphatic carbocycles. The Morgan fingerprint density at radius 3 is 1.82 bits per heavy atom. The fourth-order valence-corrected chi connectivity index (χ4v) is 12.2. The molecule has 0 unspecified atom stereocenters. The normalized spacial score (nSPS) is 13.9. The molecular formula is C78H64N4O2. The molecule has 0 bridgehead atoms. The lowest BCUT2D eigenvalue weighted by Gasteiger charge is -2.26. The van der Waals surface area contributed by atoms with Crippen LogP contribution in [-0.4, -0.2) is 14.1 Å². The number of hydrogen-bond donors (Lipinski definition) is 0. The van der Waals surface area contributed by atoms with Crippen molar-refractivity contribution in [3.8, 4) is 84.3 Å². The molecule has 408 valence electrons. The highest BCUT2D eigenvalue weighted by Crippen LogP contribution is 2.48. The average Bonchev–Trinajstić information content (AvgIpc) is 1.48. The van der Waals surface area contributed by atoms with Gasteiger partial charge in [-0.2, -0.15) is 0 Å². The minimum Gasteiger partial charge on any atom is -0.458 e. The molecule has 15 rings (SSSR count). The topological polar surface area (TPSA) is 49.0 Å². The Hall–Kier alpha value is -9.78. The molecule has 1 aliphatic rings. The summed E-state index contributed by atoms with van der Waals surface area (Å²) in [7, 11) is 0. The number of aromatic nitrogens is 4. The maximum Gasteiger partial charge on any atom is 0.269 e. The monoisotopic (exact) mass is 1100 g/mol. The Labute approximate surface area is 501 Å². The number of fused-ring (bicyclic) bond motifs is 13. The van der Waals surface area contributed by atoms with Crippen LogP contribution in [0.15, 0.2) is 229 Å². The highest BCUT2D eigenvalue weighted by molar-refractivity contribution is 6.10. The van der Waals surface area contributed by atoms with E-state index in [4.69, 9.17) is 14.1 Å². The van der Waals surface area contributed by atoms with Gasteiger partial charge in [-0.1, -0.05) is 202 Å². The van der Waals surface area contributed by atoms with Crippen molar-refractivity contribution >= 4 is 54.8 Å². The molecule has 0 radical (unpaired) electrons. The van der Waals surface area contributed by atoms with Crippen molar-refractivity contribution in [1.82, 2.24) is 14.1 Å². The van der Waals surface area contributed by atoms with Gasteiger partial charge in [-0.15, -0.1) is 0 Å². The van der Waals surface area contributed by atoms with Crippen LogP contribution in [0.4, 0.5) is 0 Å². The van der Waals surface area contributed by atoms with Gasteiger partial charge in [0.2, 0.25) is 0 Å².